The van der Waals surface area contributed by atoms with Crippen LogP contribution in [0.4, 0.5) is 5.69 Å². The van der Waals surface area contributed by atoms with Gasteiger partial charge in [-0.15, -0.1) is 10.2 Å². The van der Waals surface area contributed by atoms with Gasteiger partial charge in [-0.3, -0.25) is 14.2 Å². The Morgan fingerprint density at radius 3 is 2.28 bits per heavy atom. The molecular formula is C26H25N5O4S. The Balaban J connectivity index is 1.49. The van der Waals surface area contributed by atoms with E-state index in [-0.39, 0.29) is 18.3 Å². The summed E-state index contributed by atoms with van der Waals surface area (Å²) in [7, 11) is 0. The highest BCUT2D eigenvalue weighted by Gasteiger charge is 2.17. The molecule has 0 saturated heterocycles. The number of amides is 2. The van der Waals surface area contributed by atoms with Gasteiger partial charge in [0.1, 0.15) is 18.1 Å². The normalized spacial score (nSPS) is 10.6. The monoisotopic (exact) mass is 503 g/mol. The number of carbonyl (C=O) groups is 2. The second kappa shape index (κ2) is 11.9. The number of rotatable bonds is 11. The SMILES string of the molecule is CCOc1ccc(-n2c(COc3ccccc3)nnc2SCC(=O)Nc2ccc(C(N)=O)cc2)cc1. The number of benzene rings is 3. The highest BCUT2D eigenvalue weighted by molar-refractivity contribution is 7.99. The fraction of sp³-hybridized carbons (Fsp3) is 0.154. The third kappa shape index (κ3) is 6.42. The number of nitrogens with one attached hydrogen (secondary N) is 1. The van der Waals surface area contributed by atoms with Crippen LogP contribution in [0.5, 0.6) is 11.5 Å². The topological polar surface area (TPSA) is 121 Å². The maximum absolute atomic E-state index is 12.6. The highest BCUT2D eigenvalue weighted by Crippen LogP contribution is 2.25. The Hall–Kier alpha value is -4.31. The highest BCUT2D eigenvalue weighted by atomic mass is 32.2. The smallest absolute Gasteiger partial charge is 0.248 e. The zero-order valence-corrected chi connectivity index (χ0v) is 20.4. The third-order valence-corrected chi connectivity index (χ3v) is 5.93. The van der Waals surface area contributed by atoms with E-state index in [4.69, 9.17) is 15.2 Å². The molecule has 0 spiro atoms. The number of aromatic nitrogens is 3. The van der Waals surface area contributed by atoms with Crippen LogP contribution in [-0.4, -0.2) is 38.9 Å². The van der Waals surface area contributed by atoms with Crippen LogP contribution in [0.25, 0.3) is 5.69 Å². The molecule has 4 aromatic rings. The molecule has 4 rings (SSSR count). The van der Waals surface area contributed by atoms with E-state index in [1.54, 1.807) is 24.3 Å². The van der Waals surface area contributed by atoms with E-state index in [1.165, 1.54) is 11.8 Å². The molecular weight excluding hydrogens is 478 g/mol. The summed E-state index contributed by atoms with van der Waals surface area (Å²) in [5.74, 6) is 1.42. The van der Waals surface area contributed by atoms with Crippen molar-refractivity contribution in [2.45, 2.75) is 18.7 Å². The second-order valence-electron chi connectivity index (χ2n) is 7.54. The standard InChI is InChI=1S/C26H25N5O4S/c1-2-34-22-14-12-20(13-15-22)31-23(16-35-21-6-4-3-5-7-21)29-30-26(31)36-17-24(32)28-19-10-8-18(9-11-19)25(27)33/h3-15H,2,16-17H2,1H3,(H2,27,33)(H,28,32). The first-order valence-electron chi connectivity index (χ1n) is 11.2. The van der Waals surface area contributed by atoms with Crippen molar-refractivity contribution in [1.29, 1.82) is 0 Å². The van der Waals surface area contributed by atoms with Gasteiger partial charge in [0.05, 0.1) is 12.4 Å². The van der Waals surface area contributed by atoms with Crippen molar-refractivity contribution in [3.63, 3.8) is 0 Å². The molecule has 0 aliphatic heterocycles. The summed E-state index contributed by atoms with van der Waals surface area (Å²) < 4.78 is 13.3. The van der Waals surface area contributed by atoms with Gasteiger partial charge in [0.25, 0.3) is 0 Å². The molecule has 1 aromatic heterocycles. The lowest BCUT2D eigenvalue weighted by atomic mass is 10.2. The summed E-state index contributed by atoms with van der Waals surface area (Å²) in [6.07, 6.45) is 0. The van der Waals surface area contributed by atoms with Crippen molar-refractivity contribution in [3.05, 3.63) is 90.3 Å². The number of nitrogens with zero attached hydrogens (tertiary/aromatic N) is 3. The number of para-hydroxylation sites is 1. The van der Waals surface area contributed by atoms with Crippen LogP contribution in [-0.2, 0) is 11.4 Å². The molecule has 9 nitrogen and oxygen atoms in total. The Morgan fingerprint density at radius 1 is 0.917 bits per heavy atom. The minimum Gasteiger partial charge on any atom is -0.494 e. The summed E-state index contributed by atoms with van der Waals surface area (Å²) in [4.78, 5) is 23.8. The van der Waals surface area contributed by atoms with Crippen molar-refractivity contribution in [2.24, 2.45) is 5.73 Å². The minimum atomic E-state index is -0.524. The van der Waals surface area contributed by atoms with Crippen molar-refractivity contribution in [2.75, 3.05) is 17.7 Å². The fourth-order valence-corrected chi connectivity index (χ4v) is 4.09. The lowest BCUT2D eigenvalue weighted by Crippen LogP contribution is -2.15. The zero-order chi connectivity index (χ0) is 25.3. The lowest BCUT2D eigenvalue weighted by Gasteiger charge is -2.12. The molecule has 3 N–H and O–H groups in total. The van der Waals surface area contributed by atoms with E-state index in [2.05, 4.69) is 15.5 Å². The predicted octanol–water partition coefficient (Wildman–Crippen LogP) is 4.07. The predicted molar refractivity (Wildman–Crippen MR) is 138 cm³/mol. The van der Waals surface area contributed by atoms with E-state index in [0.717, 1.165) is 17.2 Å². The molecule has 10 heteroatoms. The van der Waals surface area contributed by atoms with Crippen molar-refractivity contribution in [3.8, 4) is 17.2 Å². The van der Waals surface area contributed by atoms with Crippen molar-refractivity contribution < 1.29 is 19.1 Å². The zero-order valence-electron chi connectivity index (χ0n) is 19.6. The lowest BCUT2D eigenvalue weighted by molar-refractivity contribution is -0.113. The molecule has 0 aliphatic carbocycles. The van der Waals surface area contributed by atoms with Gasteiger partial charge >= 0.3 is 0 Å². The van der Waals surface area contributed by atoms with Crippen LogP contribution in [0.15, 0.2) is 84.0 Å². The van der Waals surface area contributed by atoms with E-state index >= 15 is 0 Å². The Bertz CT molecular complexity index is 1310. The molecule has 0 fully saturated rings. The van der Waals surface area contributed by atoms with Gasteiger partial charge in [0.15, 0.2) is 11.0 Å². The summed E-state index contributed by atoms with van der Waals surface area (Å²) in [6, 6.07) is 23.4. The number of carbonyl (C=O) groups excluding carboxylic acids is 2. The summed E-state index contributed by atoms with van der Waals surface area (Å²) in [5, 5.41) is 12.0. The van der Waals surface area contributed by atoms with Crippen LogP contribution in [0.3, 0.4) is 0 Å². The molecule has 2 amide bonds. The number of thioether (sulfide) groups is 1. The number of nitrogens with two attached hydrogens (primary N) is 1. The summed E-state index contributed by atoms with van der Waals surface area (Å²) in [6.45, 7) is 2.70. The first kappa shape index (κ1) is 24.8. The van der Waals surface area contributed by atoms with Crippen LogP contribution < -0.4 is 20.5 Å². The molecule has 0 radical (unpaired) electrons. The van der Waals surface area contributed by atoms with Crippen LogP contribution in [0.1, 0.15) is 23.1 Å². The molecule has 1 heterocycles. The minimum absolute atomic E-state index is 0.103. The first-order valence-corrected chi connectivity index (χ1v) is 12.2. The van der Waals surface area contributed by atoms with E-state index < -0.39 is 5.91 Å². The number of hydrogen-bond acceptors (Lipinski definition) is 7. The summed E-state index contributed by atoms with van der Waals surface area (Å²) in [5.41, 5.74) is 7.01. The average Bonchev–Trinajstić information content (AvgIpc) is 3.30. The molecule has 0 aliphatic rings. The quantitative estimate of drug-likeness (QED) is 0.296. The molecule has 0 bridgehead atoms. The summed E-state index contributed by atoms with van der Waals surface area (Å²) >= 11 is 1.25. The van der Waals surface area contributed by atoms with Gasteiger partial charge in [-0.05, 0) is 67.6 Å². The van der Waals surface area contributed by atoms with Crippen molar-refractivity contribution >= 4 is 29.3 Å². The first-order chi connectivity index (χ1) is 17.5. The van der Waals surface area contributed by atoms with E-state index in [9.17, 15) is 9.59 Å². The largest absolute Gasteiger partial charge is 0.494 e. The van der Waals surface area contributed by atoms with Crippen LogP contribution in [0, 0.1) is 0 Å². The number of anilines is 1. The van der Waals surface area contributed by atoms with Gasteiger partial charge in [0.2, 0.25) is 11.8 Å². The van der Waals surface area contributed by atoms with Gasteiger partial charge in [-0.25, -0.2) is 0 Å². The molecule has 184 valence electrons. The van der Waals surface area contributed by atoms with Crippen LogP contribution in [0.2, 0.25) is 0 Å². The molecule has 36 heavy (non-hydrogen) atoms. The number of hydrogen-bond donors (Lipinski definition) is 2. The Labute approximate surface area is 212 Å². The third-order valence-electron chi connectivity index (χ3n) is 5.00. The molecule has 0 saturated carbocycles. The molecule has 0 atom stereocenters. The van der Waals surface area contributed by atoms with Gasteiger partial charge in [-0.2, -0.15) is 0 Å². The average molecular weight is 504 g/mol. The second-order valence-corrected chi connectivity index (χ2v) is 8.48. The maximum atomic E-state index is 12.6. The van der Waals surface area contributed by atoms with Gasteiger partial charge in [0, 0.05) is 16.9 Å². The van der Waals surface area contributed by atoms with Crippen LogP contribution >= 0.6 is 11.8 Å². The molecule has 0 unspecified atom stereocenters. The molecule has 3 aromatic carbocycles. The number of primary amides is 1. The van der Waals surface area contributed by atoms with Gasteiger partial charge in [-0.1, -0.05) is 30.0 Å². The van der Waals surface area contributed by atoms with E-state index in [1.807, 2.05) is 66.1 Å². The van der Waals surface area contributed by atoms with Gasteiger partial charge < -0.3 is 20.5 Å². The van der Waals surface area contributed by atoms with E-state index in [0.29, 0.717) is 28.8 Å². The van der Waals surface area contributed by atoms with Crippen molar-refractivity contribution in [1.82, 2.24) is 14.8 Å². The Morgan fingerprint density at radius 2 is 1.61 bits per heavy atom. The maximum Gasteiger partial charge on any atom is 0.248 e. The Kier molecular flexibility index (Phi) is 8.20. The fourth-order valence-electron chi connectivity index (χ4n) is 3.31. The number of ether oxygens (including phenoxy) is 2.